The van der Waals surface area contributed by atoms with Gasteiger partial charge in [0, 0.05) is 41.7 Å². The number of nitrogen functional groups attached to an aromatic ring is 1. The zero-order valence-corrected chi connectivity index (χ0v) is 12.7. The quantitative estimate of drug-likeness (QED) is 0.888. The molecule has 3 N–H and O–H groups in total. The van der Waals surface area contributed by atoms with E-state index < -0.39 is 0 Å². The van der Waals surface area contributed by atoms with Gasteiger partial charge in [0.2, 0.25) is 5.95 Å². The Bertz CT molecular complexity index is 724. The van der Waals surface area contributed by atoms with Gasteiger partial charge in [-0.2, -0.15) is 0 Å². The van der Waals surface area contributed by atoms with Gasteiger partial charge in [0.1, 0.15) is 0 Å². The standard InChI is InChI=1S/C14H14Cl2N4O/c15-10-2-1-3-11(16)8(10)6-20-5-4-12-9(7-20)13(21)19-14(17)18-12/h1-3H,4-7H2,(H3,17,18,19,21). The van der Waals surface area contributed by atoms with Gasteiger partial charge in [0.25, 0.3) is 5.56 Å². The first-order valence-corrected chi connectivity index (χ1v) is 7.33. The van der Waals surface area contributed by atoms with Crippen LogP contribution in [0.25, 0.3) is 0 Å². The molecule has 110 valence electrons. The fourth-order valence-electron chi connectivity index (χ4n) is 2.54. The van der Waals surface area contributed by atoms with Crippen molar-refractivity contribution in [3.63, 3.8) is 0 Å². The van der Waals surface area contributed by atoms with Crippen molar-refractivity contribution >= 4 is 29.2 Å². The fraction of sp³-hybridized carbons (Fsp3) is 0.286. The largest absolute Gasteiger partial charge is 0.369 e. The first-order chi connectivity index (χ1) is 10.0. The number of benzene rings is 1. The van der Waals surface area contributed by atoms with Crippen LogP contribution in [0.3, 0.4) is 0 Å². The maximum atomic E-state index is 12.0. The zero-order chi connectivity index (χ0) is 15.0. The second kappa shape index (κ2) is 5.67. The van der Waals surface area contributed by atoms with Gasteiger partial charge in [0.05, 0.1) is 11.3 Å². The monoisotopic (exact) mass is 324 g/mol. The van der Waals surface area contributed by atoms with Crippen molar-refractivity contribution in [2.24, 2.45) is 0 Å². The summed E-state index contributed by atoms with van der Waals surface area (Å²) in [5.41, 5.74) is 7.71. The Morgan fingerprint density at radius 3 is 2.76 bits per heavy atom. The van der Waals surface area contributed by atoms with Crippen LogP contribution in [0.4, 0.5) is 5.95 Å². The Morgan fingerprint density at radius 2 is 2.05 bits per heavy atom. The number of hydrogen-bond donors (Lipinski definition) is 2. The Hall–Kier alpha value is -1.56. The molecule has 7 heteroatoms. The number of rotatable bonds is 2. The van der Waals surface area contributed by atoms with E-state index in [1.165, 1.54) is 0 Å². The van der Waals surface area contributed by atoms with Gasteiger partial charge >= 0.3 is 0 Å². The highest BCUT2D eigenvalue weighted by molar-refractivity contribution is 6.35. The van der Waals surface area contributed by atoms with E-state index in [1.807, 2.05) is 18.2 Å². The van der Waals surface area contributed by atoms with Gasteiger partial charge in [-0.25, -0.2) is 4.98 Å². The molecule has 0 aliphatic carbocycles. The number of nitrogens with two attached hydrogens (primary N) is 1. The molecule has 21 heavy (non-hydrogen) atoms. The molecule has 0 fully saturated rings. The zero-order valence-electron chi connectivity index (χ0n) is 11.2. The summed E-state index contributed by atoms with van der Waals surface area (Å²) in [5, 5.41) is 1.27. The van der Waals surface area contributed by atoms with E-state index in [-0.39, 0.29) is 11.5 Å². The van der Waals surface area contributed by atoms with Crippen molar-refractivity contribution in [1.29, 1.82) is 0 Å². The number of anilines is 1. The summed E-state index contributed by atoms with van der Waals surface area (Å²) >= 11 is 12.4. The van der Waals surface area contributed by atoms with E-state index in [0.717, 1.165) is 17.8 Å². The number of halogens is 2. The molecule has 2 aromatic rings. The van der Waals surface area contributed by atoms with E-state index in [0.29, 0.717) is 35.1 Å². The molecular weight excluding hydrogens is 311 g/mol. The van der Waals surface area contributed by atoms with Crippen LogP contribution in [0, 0.1) is 0 Å². The molecule has 2 heterocycles. The van der Waals surface area contributed by atoms with Gasteiger partial charge in [-0.05, 0) is 12.1 Å². The van der Waals surface area contributed by atoms with Crippen molar-refractivity contribution in [3.05, 3.63) is 55.4 Å². The summed E-state index contributed by atoms with van der Waals surface area (Å²) < 4.78 is 0. The third kappa shape index (κ3) is 2.90. The number of aromatic amines is 1. The van der Waals surface area contributed by atoms with E-state index in [2.05, 4.69) is 14.9 Å². The smallest absolute Gasteiger partial charge is 0.257 e. The molecule has 1 aromatic heterocycles. The van der Waals surface area contributed by atoms with Crippen LogP contribution in [0.5, 0.6) is 0 Å². The van der Waals surface area contributed by atoms with Gasteiger partial charge in [-0.3, -0.25) is 14.7 Å². The number of nitrogens with one attached hydrogen (secondary N) is 1. The number of aromatic nitrogens is 2. The molecule has 1 aromatic carbocycles. The first kappa shape index (κ1) is 14.4. The molecule has 0 atom stereocenters. The minimum Gasteiger partial charge on any atom is -0.369 e. The molecule has 3 rings (SSSR count). The molecule has 0 saturated carbocycles. The van der Waals surface area contributed by atoms with Crippen LogP contribution in [-0.2, 0) is 19.5 Å². The Morgan fingerprint density at radius 1 is 1.33 bits per heavy atom. The summed E-state index contributed by atoms with van der Waals surface area (Å²) in [5.74, 6) is 0.168. The van der Waals surface area contributed by atoms with E-state index in [1.54, 1.807) is 0 Å². The summed E-state index contributed by atoms with van der Waals surface area (Å²) in [6.07, 6.45) is 0.686. The van der Waals surface area contributed by atoms with E-state index >= 15 is 0 Å². The molecule has 0 bridgehead atoms. The van der Waals surface area contributed by atoms with Crippen LogP contribution in [0.2, 0.25) is 10.0 Å². The van der Waals surface area contributed by atoms with Gasteiger partial charge in [0.15, 0.2) is 0 Å². The molecule has 5 nitrogen and oxygen atoms in total. The van der Waals surface area contributed by atoms with Crippen molar-refractivity contribution in [2.75, 3.05) is 12.3 Å². The van der Waals surface area contributed by atoms with Crippen molar-refractivity contribution in [3.8, 4) is 0 Å². The molecule has 0 spiro atoms. The van der Waals surface area contributed by atoms with E-state index in [9.17, 15) is 4.79 Å². The van der Waals surface area contributed by atoms with E-state index in [4.69, 9.17) is 28.9 Å². The lowest BCUT2D eigenvalue weighted by molar-refractivity contribution is 0.242. The predicted molar refractivity (Wildman–Crippen MR) is 83.6 cm³/mol. The minimum absolute atomic E-state index is 0.168. The summed E-state index contributed by atoms with van der Waals surface area (Å²) in [7, 11) is 0. The Labute approximate surface area is 131 Å². The van der Waals surface area contributed by atoms with Gasteiger partial charge in [-0.1, -0.05) is 29.3 Å². The lowest BCUT2D eigenvalue weighted by Crippen LogP contribution is -2.35. The van der Waals surface area contributed by atoms with Gasteiger partial charge in [-0.15, -0.1) is 0 Å². The second-order valence-corrected chi connectivity index (χ2v) is 5.85. The molecule has 1 aliphatic heterocycles. The number of hydrogen-bond acceptors (Lipinski definition) is 4. The highest BCUT2D eigenvalue weighted by Crippen LogP contribution is 2.27. The average molecular weight is 325 g/mol. The Balaban J connectivity index is 1.86. The highest BCUT2D eigenvalue weighted by atomic mass is 35.5. The first-order valence-electron chi connectivity index (χ1n) is 6.57. The second-order valence-electron chi connectivity index (χ2n) is 5.04. The molecular formula is C14H14Cl2N4O. The molecule has 0 unspecified atom stereocenters. The lowest BCUT2D eigenvalue weighted by Gasteiger charge is -2.28. The third-order valence-electron chi connectivity index (χ3n) is 3.61. The van der Waals surface area contributed by atoms with Crippen LogP contribution in [0.1, 0.15) is 16.8 Å². The highest BCUT2D eigenvalue weighted by Gasteiger charge is 2.22. The molecule has 0 amide bonds. The summed E-state index contributed by atoms with van der Waals surface area (Å²) in [4.78, 5) is 20.8. The lowest BCUT2D eigenvalue weighted by atomic mass is 10.1. The summed E-state index contributed by atoms with van der Waals surface area (Å²) in [6, 6.07) is 5.45. The van der Waals surface area contributed by atoms with Gasteiger partial charge < -0.3 is 5.73 Å². The third-order valence-corrected chi connectivity index (χ3v) is 4.32. The average Bonchev–Trinajstić information content (AvgIpc) is 2.43. The van der Waals surface area contributed by atoms with Crippen LogP contribution < -0.4 is 11.3 Å². The van der Waals surface area contributed by atoms with Crippen LogP contribution in [0.15, 0.2) is 23.0 Å². The number of nitrogens with zero attached hydrogens (tertiary/aromatic N) is 2. The molecule has 0 saturated heterocycles. The number of fused-ring (bicyclic) bond motifs is 1. The molecule has 1 aliphatic rings. The maximum absolute atomic E-state index is 12.0. The molecule has 0 radical (unpaired) electrons. The normalized spacial score (nSPS) is 15.0. The van der Waals surface area contributed by atoms with Crippen molar-refractivity contribution < 1.29 is 0 Å². The SMILES string of the molecule is Nc1nc2c(c(=O)[nH]1)CN(Cc1c(Cl)cccc1Cl)CC2. The fourth-order valence-corrected chi connectivity index (χ4v) is 3.06. The Kier molecular flexibility index (Phi) is 3.89. The number of H-pyrrole nitrogens is 1. The maximum Gasteiger partial charge on any atom is 0.257 e. The van der Waals surface area contributed by atoms with Crippen LogP contribution >= 0.6 is 23.2 Å². The predicted octanol–water partition coefficient (Wildman–Crippen LogP) is 2.22. The van der Waals surface area contributed by atoms with Crippen LogP contribution in [-0.4, -0.2) is 21.4 Å². The summed E-state index contributed by atoms with van der Waals surface area (Å²) in [6.45, 7) is 1.89. The van der Waals surface area contributed by atoms with Crippen molar-refractivity contribution in [2.45, 2.75) is 19.5 Å². The van der Waals surface area contributed by atoms with Crippen molar-refractivity contribution in [1.82, 2.24) is 14.9 Å². The minimum atomic E-state index is -0.174. The topological polar surface area (TPSA) is 75.0 Å².